The average Bonchev–Trinajstić information content (AvgIpc) is 2.62. The molecule has 3 aromatic carbocycles. The van der Waals surface area contributed by atoms with E-state index in [0.29, 0.717) is 0 Å². The number of hydrogen-bond donors (Lipinski definition) is 1. The minimum absolute atomic E-state index is 0.289. The van der Waals surface area contributed by atoms with Gasteiger partial charge in [0.15, 0.2) is 0 Å². The van der Waals surface area contributed by atoms with Crippen molar-refractivity contribution in [3.8, 4) is 0 Å². The van der Waals surface area contributed by atoms with Crippen LogP contribution < -0.4 is 18.9 Å². The molecule has 0 spiro atoms. The van der Waals surface area contributed by atoms with Gasteiger partial charge in [-0.1, -0.05) is 53.1 Å². The second-order valence-electron chi connectivity index (χ2n) is 8.32. The van der Waals surface area contributed by atoms with Crippen LogP contribution in [-0.4, -0.2) is 11.7 Å². The predicted molar refractivity (Wildman–Crippen MR) is 114 cm³/mol. The Kier molecular flexibility index (Phi) is 6.46. The minimum atomic E-state index is -4.69. The van der Waals surface area contributed by atoms with Crippen LogP contribution in [-0.2, 0) is 0 Å². The van der Waals surface area contributed by atoms with E-state index in [1.807, 2.05) is 0 Å². The largest absolute Gasteiger partial charge is 0.344 e. The van der Waals surface area contributed by atoms with E-state index in [9.17, 15) is 0 Å². The van der Waals surface area contributed by atoms with Crippen LogP contribution in [0.4, 0.5) is 11.4 Å². The summed E-state index contributed by atoms with van der Waals surface area (Å²) in [4.78, 5) is 2.35. The van der Waals surface area contributed by atoms with Crippen LogP contribution in [0.1, 0.15) is 50.4 Å². The van der Waals surface area contributed by atoms with Crippen molar-refractivity contribution in [1.82, 2.24) is 0 Å². The number of aryl methyl sites for hydroxylation is 5. The molecular formula is C25H28ClNO4. The fourth-order valence-corrected chi connectivity index (χ4v) is 4.68. The Bertz CT molecular complexity index is 1040. The molecule has 5 nitrogen and oxygen atoms in total. The Morgan fingerprint density at radius 1 is 0.710 bits per heavy atom. The first-order valence-electron chi connectivity index (χ1n) is 10.0. The molecule has 1 heterocycles. The van der Waals surface area contributed by atoms with Crippen LogP contribution in [0.2, 0.25) is 0 Å². The van der Waals surface area contributed by atoms with Gasteiger partial charge in [0.1, 0.15) is 0 Å². The lowest BCUT2D eigenvalue weighted by Gasteiger charge is -2.37. The Labute approximate surface area is 185 Å². The number of hydrogen-bond acceptors (Lipinski definition) is 5. The molecule has 0 aliphatic carbocycles. The first-order chi connectivity index (χ1) is 14.4. The predicted octanol–water partition coefficient (Wildman–Crippen LogP) is 2.37. The highest BCUT2D eigenvalue weighted by molar-refractivity contribution is 5.78. The smallest absolute Gasteiger partial charge is 0.0777 e. The molecule has 0 saturated heterocycles. The van der Waals surface area contributed by atoms with Gasteiger partial charge in [-0.2, -0.15) is 14.0 Å². The summed E-state index contributed by atoms with van der Waals surface area (Å²) in [6.07, 6.45) is 0. The molecule has 3 aromatic rings. The summed E-state index contributed by atoms with van der Waals surface area (Å²) >= 11 is 0. The third-order valence-corrected chi connectivity index (χ3v) is 5.74. The molecule has 0 unspecified atom stereocenters. The molecule has 1 aliphatic rings. The van der Waals surface area contributed by atoms with Crippen LogP contribution in [0.15, 0.2) is 48.5 Å². The number of nitrogens with zero attached hydrogens (tertiary/aromatic N) is 1. The van der Waals surface area contributed by atoms with Gasteiger partial charge in [-0.15, -0.1) is 0 Å². The van der Waals surface area contributed by atoms with Crippen LogP contribution >= 0.6 is 0 Å². The SMILES string of the molecule is Cc1cc(C)c(C2c3cc(C)ccc3N(C)c3ccc(C)cc32)c(C)c1.[O-][Cl+3]([O-])([O-])O. The molecule has 0 atom stereocenters. The fourth-order valence-electron chi connectivity index (χ4n) is 4.68. The third kappa shape index (κ3) is 5.09. The standard InChI is InChI=1S/C25H27N.ClHO4/c1-15-7-9-22-20(13-15)25(24-18(4)11-17(3)12-19(24)5)21-14-16(2)8-10-23(21)26(22)6;2-1(3,4)5/h7-14,25H,1-6H3;(H,2,3,4,5). The highest BCUT2D eigenvalue weighted by Gasteiger charge is 2.31. The number of anilines is 2. The van der Waals surface area contributed by atoms with Gasteiger partial charge in [0.05, 0.1) is 14.9 Å². The van der Waals surface area contributed by atoms with E-state index < -0.39 is 10.2 Å². The number of benzene rings is 3. The average molecular weight is 442 g/mol. The van der Waals surface area contributed by atoms with Crippen molar-refractivity contribution in [2.45, 2.75) is 40.5 Å². The number of fused-ring (bicyclic) bond motifs is 2. The molecule has 0 fully saturated rings. The maximum absolute atomic E-state index is 8.60. The lowest BCUT2D eigenvalue weighted by Crippen LogP contribution is -2.58. The van der Waals surface area contributed by atoms with Gasteiger partial charge in [-0.25, -0.2) is 0 Å². The first-order valence-corrected chi connectivity index (χ1v) is 11.3. The summed E-state index contributed by atoms with van der Waals surface area (Å²) < 4.78 is 32.7. The van der Waals surface area contributed by atoms with Crippen molar-refractivity contribution in [3.05, 3.63) is 93.0 Å². The molecule has 164 valence electrons. The fraction of sp³-hybridized carbons (Fsp3) is 0.280. The van der Waals surface area contributed by atoms with E-state index in [0.717, 1.165) is 0 Å². The highest BCUT2D eigenvalue weighted by atomic mass is 35.7. The van der Waals surface area contributed by atoms with E-state index in [4.69, 9.17) is 18.6 Å². The molecule has 0 bridgehead atoms. The maximum atomic E-state index is 8.60. The van der Waals surface area contributed by atoms with Gasteiger partial charge in [-0.3, -0.25) is 0 Å². The van der Waals surface area contributed by atoms with Crippen molar-refractivity contribution in [1.29, 1.82) is 0 Å². The van der Waals surface area contributed by atoms with Crippen molar-refractivity contribution in [2.75, 3.05) is 11.9 Å². The van der Waals surface area contributed by atoms with E-state index in [2.05, 4.69) is 95.1 Å². The molecule has 0 amide bonds. The summed E-state index contributed by atoms with van der Waals surface area (Å²) in [5.74, 6) is 0.289. The second kappa shape index (κ2) is 8.61. The molecule has 6 heteroatoms. The molecule has 1 N–H and O–H groups in total. The Hall–Kier alpha value is -2.41. The second-order valence-corrected chi connectivity index (χ2v) is 9.12. The normalized spacial score (nSPS) is 13.3. The first kappa shape index (κ1) is 23.3. The molecular weight excluding hydrogens is 414 g/mol. The Morgan fingerprint density at radius 3 is 1.48 bits per heavy atom. The van der Waals surface area contributed by atoms with Crippen molar-refractivity contribution < 1.29 is 28.9 Å². The topological polar surface area (TPSA) is 92.7 Å². The van der Waals surface area contributed by atoms with E-state index in [-0.39, 0.29) is 5.92 Å². The zero-order valence-electron chi connectivity index (χ0n) is 18.7. The van der Waals surface area contributed by atoms with Crippen molar-refractivity contribution >= 4 is 11.4 Å². The molecule has 0 saturated carbocycles. The molecule has 1 aliphatic heterocycles. The maximum Gasteiger partial charge on any atom is 0.0777 e. The highest BCUT2D eigenvalue weighted by Crippen LogP contribution is 2.49. The van der Waals surface area contributed by atoms with Gasteiger partial charge in [-0.05, 0) is 74.6 Å². The molecule has 0 aromatic heterocycles. The quantitative estimate of drug-likeness (QED) is 0.625. The zero-order chi connectivity index (χ0) is 23.1. The van der Waals surface area contributed by atoms with Crippen LogP contribution in [0.25, 0.3) is 0 Å². The summed E-state index contributed by atoms with van der Waals surface area (Å²) in [5.41, 5.74) is 13.7. The molecule has 4 rings (SSSR count). The van der Waals surface area contributed by atoms with E-state index in [1.165, 1.54) is 55.9 Å². The number of halogens is 1. The van der Waals surface area contributed by atoms with Crippen LogP contribution in [0.3, 0.4) is 0 Å². The van der Waals surface area contributed by atoms with E-state index in [1.54, 1.807) is 0 Å². The van der Waals surface area contributed by atoms with Crippen molar-refractivity contribution in [2.24, 2.45) is 0 Å². The molecule has 0 radical (unpaired) electrons. The van der Waals surface area contributed by atoms with Crippen molar-refractivity contribution in [3.63, 3.8) is 0 Å². The summed E-state index contributed by atoms with van der Waals surface area (Å²) in [5, 5.41) is 0. The molecule has 31 heavy (non-hydrogen) atoms. The van der Waals surface area contributed by atoms with Crippen LogP contribution in [0, 0.1) is 44.9 Å². The third-order valence-electron chi connectivity index (χ3n) is 5.74. The van der Waals surface area contributed by atoms with Crippen LogP contribution in [0.5, 0.6) is 0 Å². The van der Waals surface area contributed by atoms with Gasteiger partial charge in [0.2, 0.25) is 0 Å². The lowest BCUT2D eigenvalue weighted by molar-refractivity contribution is -1.92. The minimum Gasteiger partial charge on any atom is -0.344 e. The summed E-state index contributed by atoms with van der Waals surface area (Å²) in [6.45, 7) is 11.1. The van der Waals surface area contributed by atoms with E-state index >= 15 is 0 Å². The van der Waals surface area contributed by atoms with Gasteiger partial charge >= 0.3 is 0 Å². The zero-order valence-corrected chi connectivity index (χ0v) is 19.4. The number of rotatable bonds is 1. The summed E-state index contributed by atoms with van der Waals surface area (Å²) in [6, 6.07) is 18.4. The van der Waals surface area contributed by atoms with Gasteiger partial charge < -0.3 is 4.90 Å². The van der Waals surface area contributed by atoms with Gasteiger partial charge in [0.25, 0.3) is 0 Å². The Morgan fingerprint density at radius 2 is 1.10 bits per heavy atom. The summed E-state index contributed by atoms with van der Waals surface area (Å²) in [7, 11) is -2.51. The van der Waals surface area contributed by atoms with Gasteiger partial charge in [0, 0.05) is 24.3 Å². The Balaban J connectivity index is 0.000000491. The lowest BCUT2D eigenvalue weighted by atomic mass is 9.76. The monoisotopic (exact) mass is 441 g/mol.